The summed E-state index contributed by atoms with van der Waals surface area (Å²) in [6.07, 6.45) is -1.43. The summed E-state index contributed by atoms with van der Waals surface area (Å²) >= 11 is 10.3. The van der Waals surface area contributed by atoms with Gasteiger partial charge in [-0.25, -0.2) is 4.79 Å². The maximum atomic E-state index is 13.5. The Hall–Kier alpha value is -2.16. The molecule has 162 valence electrons. The molecule has 1 saturated heterocycles. The molecule has 0 bridgehead atoms. The molecule has 2 amide bonds. The third-order valence-electron chi connectivity index (χ3n) is 4.42. The molecule has 0 radical (unpaired) electrons. The number of carbonyl (C=O) groups excluding carboxylic acids is 2. The Morgan fingerprint density at radius 2 is 1.84 bits per heavy atom. The molecule has 3 rings (SSSR count). The summed E-state index contributed by atoms with van der Waals surface area (Å²) in [5.41, 5.74) is 1.81. The van der Waals surface area contributed by atoms with Crippen molar-refractivity contribution < 1.29 is 14.3 Å². The summed E-state index contributed by atoms with van der Waals surface area (Å²) in [6, 6.07) is 17.1. The molecule has 1 atom stereocenters. The highest BCUT2D eigenvalue weighted by Gasteiger charge is 2.40. The van der Waals surface area contributed by atoms with E-state index in [0.29, 0.717) is 14.8 Å². The molecule has 0 saturated carbocycles. The van der Waals surface area contributed by atoms with E-state index >= 15 is 0 Å². The number of rotatable bonds is 4. The minimum atomic E-state index is -0.805. The van der Waals surface area contributed by atoms with Gasteiger partial charge >= 0.3 is 6.09 Å². The molecule has 1 N–H and O–H groups in total. The molecule has 1 aliphatic heterocycles. The van der Waals surface area contributed by atoms with Crippen LogP contribution >= 0.6 is 39.9 Å². The highest BCUT2D eigenvalue weighted by molar-refractivity contribution is 9.10. The number of nitrogens with zero attached hydrogens (tertiary/aromatic N) is 1. The Kier molecular flexibility index (Phi) is 7.24. The third-order valence-corrected chi connectivity index (χ3v) is 6.42. The van der Waals surface area contributed by atoms with Crippen LogP contribution in [0.2, 0.25) is 0 Å². The lowest BCUT2D eigenvalue weighted by Gasteiger charge is -2.29. The molecule has 1 aliphatic rings. The number of ether oxygens (including phenoxy) is 1. The van der Waals surface area contributed by atoms with E-state index in [1.165, 1.54) is 16.7 Å². The average Bonchev–Trinajstić information content (AvgIpc) is 2.99. The summed E-state index contributed by atoms with van der Waals surface area (Å²) in [5, 5.41) is 2.82. The number of allylic oxidation sites excluding steroid dienone is 1. The topological polar surface area (TPSA) is 58.6 Å². The van der Waals surface area contributed by atoms with Crippen molar-refractivity contribution in [3.05, 3.63) is 75.1 Å². The number of thiocarbonyl (C=S) groups is 1. The van der Waals surface area contributed by atoms with Crippen molar-refractivity contribution in [1.82, 2.24) is 10.2 Å². The second-order valence-corrected chi connectivity index (χ2v) is 10.5. The number of hydrogen-bond donors (Lipinski definition) is 1. The molecule has 2 aromatic rings. The Balaban J connectivity index is 1.99. The predicted octanol–water partition coefficient (Wildman–Crippen LogP) is 6.26. The highest BCUT2D eigenvalue weighted by Crippen LogP contribution is 2.40. The van der Waals surface area contributed by atoms with Gasteiger partial charge in [0.1, 0.15) is 16.1 Å². The predicted molar refractivity (Wildman–Crippen MR) is 132 cm³/mol. The van der Waals surface area contributed by atoms with Gasteiger partial charge in [-0.1, -0.05) is 82.4 Å². The van der Waals surface area contributed by atoms with Crippen molar-refractivity contribution >= 4 is 61.8 Å². The van der Waals surface area contributed by atoms with Crippen LogP contribution in [-0.4, -0.2) is 26.8 Å². The van der Waals surface area contributed by atoms with Crippen LogP contribution < -0.4 is 5.32 Å². The van der Waals surface area contributed by atoms with Crippen molar-refractivity contribution in [2.75, 3.05) is 0 Å². The molecule has 0 aliphatic carbocycles. The first-order chi connectivity index (χ1) is 14.6. The lowest BCUT2D eigenvalue weighted by atomic mass is 10.1. The first-order valence-electron chi connectivity index (χ1n) is 9.63. The second-order valence-electron chi connectivity index (χ2n) is 7.97. The molecular weight excluding hydrogens is 496 g/mol. The fraction of sp³-hybridized carbons (Fsp3) is 0.261. The largest absolute Gasteiger partial charge is 0.444 e. The lowest BCUT2D eigenvalue weighted by molar-refractivity contribution is -0.124. The van der Waals surface area contributed by atoms with Crippen LogP contribution in [0.4, 0.5) is 4.79 Å². The van der Waals surface area contributed by atoms with Gasteiger partial charge in [0.25, 0.3) is 5.91 Å². The smallest absolute Gasteiger partial charge is 0.409 e. The Labute approximate surface area is 200 Å². The van der Waals surface area contributed by atoms with Crippen LogP contribution in [-0.2, 0) is 9.53 Å². The monoisotopic (exact) mass is 518 g/mol. The first kappa shape index (κ1) is 23.5. The highest BCUT2D eigenvalue weighted by atomic mass is 79.9. The molecule has 8 heteroatoms. The minimum Gasteiger partial charge on any atom is -0.444 e. The molecule has 0 aromatic heterocycles. The summed E-state index contributed by atoms with van der Waals surface area (Å²) in [5.74, 6) is -0.252. The molecular formula is C23H23BrN2O3S2. The van der Waals surface area contributed by atoms with E-state index in [4.69, 9.17) is 17.0 Å². The van der Waals surface area contributed by atoms with Gasteiger partial charge in [-0.2, -0.15) is 0 Å². The average molecular weight is 519 g/mol. The van der Waals surface area contributed by atoms with Crippen LogP contribution in [0.15, 0.2) is 64.0 Å². The van der Waals surface area contributed by atoms with Crippen LogP contribution in [0, 0.1) is 0 Å². The van der Waals surface area contributed by atoms with Gasteiger partial charge in [-0.3, -0.25) is 15.0 Å². The van der Waals surface area contributed by atoms with E-state index in [1.807, 2.05) is 61.5 Å². The quantitative estimate of drug-likeness (QED) is 0.382. The number of halogens is 1. The van der Waals surface area contributed by atoms with Crippen molar-refractivity contribution in [3.63, 3.8) is 0 Å². The molecule has 31 heavy (non-hydrogen) atoms. The van der Waals surface area contributed by atoms with E-state index in [-0.39, 0.29) is 5.91 Å². The molecule has 5 nitrogen and oxygen atoms in total. The number of thioether (sulfide) groups is 1. The molecule has 0 spiro atoms. The SMILES string of the molecule is C/C(=C1/SC(=S)N(C(NC(=O)OC(C)(C)C)c2cccc(Br)c2)C1=O)c1ccccc1. The van der Waals surface area contributed by atoms with Crippen LogP contribution in [0.5, 0.6) is 0 Å². The maximum absolute atomic E-state index is 13.5. The molecule has 1 fully saturated rings. The van der Waals surface area contributed by atoms with Crippen molar-refractivity contribution in [2.45, 2.75) is 39.5 Å². The molecule has 1 unspecified atom stereocenters. The number of benzene rings is 2. The normalized spacial score (nSPS) is 16.9. The van der Waals surface area contributed by atoms with E-state index in [0.717, 1.165) is 15.6 Å². The summed E-state index contributed by atoms with van der Waals surface area (Å²) < 4.78 is 6.63. The van der Waals surface area contributed by atoms with Gasteiger partial charge in [0.05, 0.1) is 4.91 Å². The van der Waals surface area contributed by atoms with Gasteiger partial charge in [-0.15, -0.1) is 0 Å². The fourth-order valence-electron chi connectivity index (χ4n) is 3.04. The van der Waals surface area contributed by atoms with Crippen molar-refractivity contribution in [1.29, 1.82) is 0 Å². The van der Waals surface area contributed by atoms with E-state index in [2.05, 4.69) is 21.2 Å². The Morgan fingerprint density at radius 1 is 1.16 bits per heavy atom. The van der Waals surface area contributed by atoms with Gasteiger partial charge in [0.15, 0.2) is 0 Å². The number of amides is 2. The maximum Gasteiger partial charge on any atom is 0.409 e. The van der Waals surface area contributed by atoms with Crippen LogP contribution in [0.3, 0.4) is 0 Å². The second kappa shape index (κ2) is 9.54. The summed E-state index contributed by atoms with van der Waals surface area (Å²) in [4.78, 5) is 28.0. The molecule has 2 aromatic carbocycles. The Morgan fingerprint density at radius 3 is 2.45 bits per heavy atom. The zero-order chi connectivity index (χ0) is 22.8. The first-order valence-corrected chi connectivity index (χ1v) is 11.7. The van der Waals surface area contributed by atoms with Crippen molar-refractivity contribution in [3.8, 4) is 0 Å². The zero-order valence-electron chi connectivity index (χ0n) is 17.6. The van der Waals surface area contributed by atoms with Gasteiger partial charge in [0, 0.05) is 4.47 Å². The van der Waals surface area contributed by atoms with E-state index in [1.54, 1.807) is 20.8 Å². The number of carbonyl (C=O) groups is 2. The fourth-order valence-corrected chi connectivity index (χ4v) is 4.82. The van der Waals surface area contributed by atoms with Crippen molar-refractivity contribution in [2.24, 2.45) is 0 Å². The standard InChI is InChI=1S/C23H23BrN2O3S2/c1-14(15-9-6-5-7-10-15)18-20(27)26(22(30)31-18)19(16-11-8-12-17(24)13-16)25-21(28)29-23(2,3)4/h5-13,19H,1-4H3,(H,25,28)/b18-14-. The van der Waals surface area contributed by atoms with Gasteiger partial charge < -0.3 is 4.74 Å². The minimum absolute atomic E-state index is 0.252. The van der Waals surface area contributed by atoms with Crippen LogP contribution in [0.25, 0.3) is 5.57 Å². The van der Waals surface area contributed by atoms with E-state index < -0.39 is 17.9 Å². The third kappa shape index (κ3) is 5.75. The zero-order valence-corrected chi connectivity index (χ0v) is 20.9. The summed E-state index contributed by atoms with van der Waals surface area (Å²) in [6.45, 7) is 7.25. The number of hydrogen-bond acceptors (Lipinski definition) is 5. The van der Waals surface area contributed by atoms with E-state index in [9.17, 15) is 9.59 Å². The number of nitrogens with one attached hydrogen (secondary N) is 1. The van der Waals surface area contributed by atoms with Crippen LogP contribution in [0.1, 0.15) is 45.0 Å². The van der Waals surface area contributed by atoms with Gasteiger partial charge in [-0.05, 0) is 56.5 Å². The summed E-state index contributed by atoms with van der Waals surface area (Å²) in [7, 11) is 0. The number of alkyl carbamates (subject to hydrolysis) is 1. The molecule has 1 heterocycles. The lowest BCUT2D eigenvalue weighted by Crippen LogP contribution is -2.45. The van der Waals surface area contributed by atoms with Gasteiger partial charge in [0.2, 0.25) is 0 Å². The Bertz CT molecular complexity index is 1050.